The molecule has 4 heteroatoms. The van der Waals surface area contributed by atoms with Crippen molar-refractivity contribution in [1.29, 1.82) is 0 Å². The summed E-state index contributed by atoms with van der Waals surface area (Å²) in [5, 5.41) is 6.00. The molecule has 2 aromatic carbocycles. The van der Waals surface area contributed by atoms with E-state index in [1.54, 1.807) is 4.57 Å². The van der Waals surface area contributed by atoms with Gasteiger partial charge in [-0.3, -0.25) is 4.79 Å². The van der Waals surface area contributed by atoms with E-state index in [-0.39, 0.29) is 5.56 Å². The number of pyridine rings is 1. The summed E-state index contributed by atoms with van der Waals surface area (Å²) in [4.78, 5) is 12.5. The molecule has 1 N–H and O–H groups in total. The molecule has 3 aromatic rings. The second-order valence-corrected chi connectivity index (χ2v) is 5.66. The molecular weight excluding hydrogens is 288 g/mol. The molecule has 120 valence electrons. The maximum atomic E-state index is 12.5. The summed E-state index contributed by atoms with van der Waals surface area (Å²) in [7, 11) is 1.81. The maximum Gasteiger partial charge on any atom is 0.258 e. The van der Waals surface area contributed by atoms with Gasteiger partial charge in [-0.15, -0.1) is 0 Å². The monoisotopic (exact) mass is 310 g/mol. The van der Waals surface area contributed by atoms with Crippen molar-refractivity contribution >= 4 is 21.7 Å². The Morgan fingerprint density at radius 3 is 2.61 bits per heavy atom. The second kappa shape index (κ2) is 6.84. The zero-order valence-corrected chi connectivity index (χ0v) is 13.6. The highest BCUT2D eigenvalue weighted by Gasteiger charge is 2.12. The molecule has 0 atom stereocenters. The number of ether oxygens (including phenoxy) is 1. The molecule has 0 aliphatic heterocycles. The lowest BCUT2D eigenvalue weighted by molar-refractivity contribution is 0.318. The van der Waals surface area contributed by atoms with Crippen LogP contribution < -0.4 is 15.6 Å². The SMILES string of the molecule is CCCNCCOc1cccc2c1c1ccccc1c(=O)n2C. The fourth-order valence-electron chi connectivity index (χ4n) is 2.90. The number of aryl methyl sites for hydroxylation is 1. The zero-order valence-electron chi connectivity index (χ0n) is 13.6. The molecule has 0 radical (unpaired) electrons. The lowest BCUT2D eigenvalue weighted by Gasteiger charge is -2.14. The van der Waals surface area contributed by atoms with Gasteiger partial charge in [-0.2, -0.15) is 0 Å². The van der Waals surface area contributed by atoms with Crippen molar-refractivity contribution in [2.24, 2.45) is 7.05 Å². The number of nitrogens with zero attached hydrogens (tertiary/aromatic N) is 1. The second-order valence-electron chi connectivity index (χ2n) is 5.66. The number of aromatic nitrogens is 1. The topological polar surface area (TPSA) is 43.3 Å². The summed E-state index contributed by atoms with van der Waals surface area (Å²) in [5.74, 6) is 0.826. The maximum absolute atomic E-state index is 12.5. The number of nitrogens with one attached hydrogen (secondary N) is 1. The smallest absolute Gasteiger partial charge is 0.258 e. The van der Waals surface area contributed by atoms with Gasteiger partial charge < -0.3 is 14.6 Å². The summed E-state index contributed by atoms with van der Waals surface area (Å²) in [6, 6.07) is 13.6. The van der Waals surface area contributed by atoms with Crippen LogP contribution in [0.25, 0.3) is 21.7 Å². The molecule has 3 rings (SSSR count). The van der Waals surface area contributed by atoms with Crippen LogP contribution in [0.4, 0.5) is 0 Å². The third-order valence-corrected chi connectivity index (χ3v) is 4.06. The first-order valence-electron chi connectivity index (χ1n) is 8.08. The zero-order chi connectivity index (χ0) is 16.2. The molecule has 0 fully saturated rings. The Kier molecular flexibility index (Phi) is 4.63. The molecule has 0 saturated heterocycles. The van der Waals surface area contributed by atoms with Crippen LogP contribution >= 0.6 is 0 Å². The quantitative estimate of drug-likeness (QED) is 0.562. The first-order chi connectivity index (χ1) is 11.2. The Balaban J connectivity index is 2.07. The van der Waals surface area contributed by atoms with Gasteiger partial charge in [0.25, 0.3) is 5.56 Å². The molecule has 1 heterocycles. The van der Waals surface area contributed by atoms with Crippen molar-refractivity contribution in [2.75, 3.05) is 19.7 Å². The van der Waals surface area contributed by atoms with E-state index in [1.807, 2.05) is 49.5 Å². The fraction of sp³-hybridized carbons (Fsp3) is 0.316. The van der Waals surface area contributed by atoms with Crippen LogP contribution in [-0.4, -0.2) is 24.3 Å². The van der Waals surface area contributed by atoms with E-state index >= 15 is 0 Å². The highest BCUT2D eigenvalue weighted by atomic mass is 16.5. The predicted molar refractivity (Wildman–Crippen MR) is 95.4 cm³/mol. The largest absolute Gasteiger partial charge is 0.492 e. The molecule has 0 aliphatic rings. The Bertz CT molecular complexity index is 884. The first kappa shape index (κ1) is 15.6. The van der Waals surface area contributed by atoms with Gasteiger partial charge >= 0.3 is 0 Å². The van der Waals surface area contributed by atoms with Crippen molar-refractivity contribution < 1.29 is 4.74 Å². The van der Waals surface area contributed by atoms with Crippen LogP contribution in [0.3, 0.4) is 0 Å². The summed E-state index contributed by atoms with van der Waals surface area (Å²) in [6.07, 6.45) is 1.11. The molecule has 0 unspecified atom stereocenters. The Labute approximate surface area is 135 Å². The molecule has 1 aromatic heterocycles. The minimum absolute atomic E-state index is 0.0230. The molecule has 0 spiro atoms. The molecule has 0 aliphatic carbocycles. The molecule has 0 saturated carbocycles. The summed E-state index contributed by atoms with van der Waals surface area (Å²) >= 11 is 0. The lowest BCUT2D eigenvalue weighted by Crippen LogP contribution is -2.22. The standard InChI is InChI=1S/C19H22N2O2/c1-3-11-20-12-13-23-17-10-6-9-16-18(17)14-7-4-5-8-15(14)19(22)21(16)2/h4-10,20H,3,11-13H2,1-2H3. The summed E-state index contributed by atoms with van der Waals surface area (Å²) < 4.78 is 7.69. The van der Waals surface area contributed by atoms with Gasteiger partial charge in [-0.25, -0.2) is 0 Å². The highest BCUT2D eigenvalue weighted by Crippen LogP contribution is 2.30. The number of benzene rings is 2. The molecular formula is C19H22N2O2. The van der Waals surface area contributed by atoms with E-state index in [9.17, 15) is 4.79 Å². The average molecular weight is 310 g/mol. The fourth-order valence-corrected chi connectivity index (χ4v) is 2.90. The van der Waals surface area contributed by atoms with Gasteiger partial charge in [-0.05, 0) is 31.2 Å². The predicted octanol–water partition coefficient (Wildman–Crippen LogP) is 3.07. The van der Waals surface area contributed by atoms with Crippen LogP contribution in [-0.2, 0) is 7.05 Å². The van der Waals surface area contributed by atoms with Crippen LogP contribution in [0.15, 0.2) is 47.3 Å². The average Bonchev–Trinajstić information content (AvgIpc) is 2.59. The van der Waals surface area contributed by atoms with Crippen LogP contribution in [0.5, 0.6) is 5.75 Å². The van der Waals surface area contributed by atoms with Crippen LogP contribution in [0.2, 0.25) is 0 Å². The highest BCUT2D eigenvalue weighted by molar-refractivity contribution is 6.08. The van der Waals surface area contributed by atoms with Gasteiger partial charge in [-0.1, -0.05) is 31.2 Å². The molecule has 0 amide bonds. The summed E-state index contributed by atoms with van der Waals surface area (Å²) in [6.45, 7) is 4.56. The van der Waals surface area contributed by atoms with Crippen molar-refractivity contribution in [3.05, 3.63) is 52.8 Å². The molecule has 0 bridgehead atoms. The van der Waals surface area contributed by atoms with Crippen LogP contribution in [0.1, 0.15) is 13.3 Å². The van der Waals surface area contributed by atoms with Crippen LogP contribution in [0, 0.1) is 0 Å². The van der Waals surface area contributed by atoms with Gasteiger partial charge in [0.05, 0.1) is 5.52 Å². The van der Waals surface area contributed by atoms with Gasteiger partial charge in [0.2, 0.25) is 0 Å². The number of fused-ring (bicyclic) bond motifs is 3. The van der Waals surface area contributed by atoms with Gasteiger partial charge in [0.1, 0.15) is 12.4 Å². The lowest BCUT2D eigenvalue weighted by atomic mass is 10.1. The number of hydrogen-bond donors (Lipinski definition) is 1. The van der Waals surface area contributed by atoms with E-state index in [0.29, 0.717) is 6.61 Å². The van der Waals surface area contributed by atoms with Crippen molar-refractivity contribution in [2.45, 2.75) is 13.3 Å². The van der Waals surface area contributed by atoms with Gasteiger partial charge in [0.15, 0.2) is 0 Å². The van der Waals surface area contributed by atoms with Crippen molar-refractivity contribution in [3.8, 4) is 5.75 Å². The van der Waals surface area contributed by atoms with Crippen molar-refractivity contribution in [1.82, 2.24) is 9.88 Å². The Hall–Kier alpha value is -2.33. The Morgan fingerprint density at radius 1 is 1.04 bits per heavy atom. The van der Waals surface area contributed by atoms with Crippen molar-refractivity contribution in [3.63, 3.8) is 0 Å². The number of hydrogen-bond acceptors (Lipinski definition) is 3. The third kappa shape index (κ3) is 2.94. The Morgan fingerprint density at radius 2 is 1.83 bits per heavy atom. The molecule has 23 heavy (non-hydrogen) atoms. The molecule has 4 nitrogen and oxygen atoms in total. The minimum atomic E-state index is 0.0230. The van der Waals surface area contributed by atoms with E-state index in [4.69, 9.17) is 4.74 Å². The third-order valence-electron chi connectivity index (χ3n) is 4.06. The number of rotatable bonds is 6. The van der Waals surface area contributed by atoms with E-state index in [0.717, 1.165) is 46.9 Å². The summed E-state index contributed by atoms with van der Waals surface area (Å²) in [5.41, 5.74) is 0.919. The first-order valence-corrected chi connectivity index (χ1v) is 8.08. The van der Waals surface area contributed by atoms with E-state index < -0.39 is 0 Å². The normalized spacial score (nSPS) is 11.2. The van der Waals surface area contributed by atoms with E-state index in [2.05, 4.69) is 12.2 Å². The minimum Gasteiger partial charge on any atom is -0.492 e. The van der Waals surface area contributed by atoms with Gasteiger partial charge in [0, 0.05) is 29.8 Å². The van der Waals surface area contributed by atoms with E-state index in [1.165, 1.54) is 0 Å².